The molecule has 1 aliphatic carbocycles. The molecule has 2 fully saturated rings. The molecule has 4 atom stereocenters. The van der Waals surface area contributed by atoms with E-state index in [1.54, 1.807) is 30.3 Å². The van der Waals surface area contributed by atoms with E-state index in [9.17, 15) is 24.7 Å². The maximum absolute atomic E-state index is 14.0. The molecule has 0 spiro atoms. The van der Waals surface area contributed by atoms with Gasteiger partial charge in [0.1, 0.15) is 18.1 Å². The predicted molar refractivity (Wildman–Crippen MR) is 173 cm³/mol. The molecule has 0 radical (unpaired) electrons. The third kappa shape index (κ3) is 6.47. The number of fused-ring (bicyclic) bond motifs is 3. The highest BCUT2D eigenvalue weighted by atomic mass is 16.5. The first kappa shape index (κ1) is 30.8. The van der Waals surface area contributed by atoms with Gasteiger partial charge >= 0.3 is 7.12 Å². The monoisotopic (exact) mass is 607 g/mol. The summed E-state index contributed by atoms with van der Waals surface area (Å²) >= 11 is 0. The Morgan fingerprint density at radius 2 is 1.76 bits per heavy atom. The van der Waals surface area contributed by atoms with E-state index in [0.29, 0.717) is 25.3 Å². The van der Waals surface area contributed by atoms with Crippen LogP contribution in [0.5, 0.6) is 11.5 Å². The van der Waals surface area contributed by atoms with Crippen molar-refractivity contribution in [3.63, 3.8) is 0 Å². The van der Waals surface area contributed by atoms with E-state index < -0.39 is 19.0 Å². The van der Waals surface area contributed by atoms with E-state index in [1.165, 1.54) is 16.5 Å². The molecule has 2 saturated heterocycles. The Labute approximate surface area is 263 Å². The van der Waals surface area contributed by atoms with Crippen LogP contribution in [0.4, 0.5) is 5.69 Å². The Morgan fingerprint density at radius 1 is 0.978 bits per heavy atom. The number of para-hydroxylation sites is 1. The Bertz CT molecular complexity index is 1600. The van der Waals surface area contributed by atoms with E-state index in [2.05, 4.69) is 13.0 Å². The van der Waals surface area contributed by atoms with Crippen LogP contribution in [0.1, 0.15) is 44.6 Å². The summed E-state index contributed by atoms with van der Waals surface area (Å²) in [5, 5.41) is 29.1. The first-order chi connectivity index (χ1) is 21.8. The minimum absolute atomic E-state index is 0.199. The number of phenols is 1. The van der Waals surface area contributed by atoms with Gasteiger partial charge in [-0.15, -0.1) is 0 Å². The Kier molecular flexibility index (Phi) is 9.21. The van der Waals surface area contributed by atoms with Gasteiger partial charge in [0, 0.05) is 5.92 Å². The lowest BCUT2D eigenvalue weighted by Crippen LogP contribution is -2.36. The second kappa shape index (κ2) is 13.4. The van der Waals surface area contributed by atoms with Crippen molar-refractivity contribution in [2.45, 2.75) is 45.1 Å². The Balaban J connectivity index is 1.28. The van der Waals surface area contributed by atoms with Gasteiger partial charge in [-0.05, 0) is 84.3 Å². The molecule has 232 valence electrons. The topological polar surface area (TPSA) is 117 Å². The molecule has 0 aromatic heterocycles. The molecule has 0 saturated carbocycles. The number of hydrogen-bond donors (Lipinski definition) is 3. The zero-order valence-electron chi connectivity index (χ0n) is 25.3. The van der Waals surface area contributed by atoms with Crippen molar-refractivity contribution < 1.29 is 34.2 Å². The standard InChI is InChI=1S/C36H38BNO7/c1-2-7-23(18-24-12-15-28(39)16-13-24)14-17-32-33-25(21-44-29-10-4-3-5-11-29)19-30-34(31(33)22-45-32)36(41)38(35(30)40)27-9-6-8-26(20-27)37(42)43/h3-6,8-13,15-16,18,20,30-32,34,39,42-43H,2,7,14,17,19,21-22H2,1H3/b23-18+/t30-,31+,32-,34-/m1/s1. The summed E-state index contributed by atoms with van der Waals surface area (Å²) in [5.74, 6) is -0.929. The average molecular weight is 608 g/mol. The lowest BCUT2D eigenvalue weighted by Gasteiger charge is -2.31. The number of ether oxygens (including phenoxy) is 2. The van der Waals surface area contributed by atoms with Crippen molar-refractivity contribution in [3.05, 3.63) is 101 Å². The van der Waals surface area contributed by atoms with Crippen molar-refractivity contribution in [1.82, 2.24) is 0 Å². The molecule has 3 aromatic rings. The molecule has 2 aliphatic heterocycles. The number of phenolic OH excluding ortho intramolecular Hbond substituents is 1. The number of benzene rings is 3. The molecule has 3 N–H and O–H groups in total. The summed E-state index contributed by atoms with van der Waals surface area (Å²) in [4.78, 5) is 29.1. The van der Waals surface area contributed by atoms with Crippen LogP contribution in [-0.4, -0.2) is 53.4 Å². The average Bonchev–Trinajstić information content (AvgIpc) is 3.58. The van der Waals surface area contributed by atoms with Crippen molar-refractivity contribution in [2.75, 3.05) is 18.1 Å². The fourth-order valence-corrected chi connectivity index (χ4v) is 7.08. The minimum atomic E-state index is -1.71. The lowest BCUT2D eigenvalue weighted by molar-refractivity contribution is -0.122. The van der Waals surface area contributed by atoms with Gasteiger partial charge in [0.05, 0.1) is 30.2 Å². The number of allylic oxidation sites excluding steroid dienone is 1. The second-order valence-corrected chi connectivity index (χ2v) is 12.1. The van der Waals surface area contributed by atoms with Crippen LogP contribution in [-0.2, 0) is 14.3 Å². The van der Waals surface area contributed by atoms with Gasteiger partial charge in [0.2, 0.25) is 11.8 Å². The van der Waals surface area contributed by atoms with Gasteiger partial charge in [-0.2, -0.15) is 0 Å². The molecular formula is C36H38BNO7. The normalized spacial score (nSPS) is 22.9. The molecule has 0 unspecified atom stereocenters. The number of rotatable bonds is 11. The molecule has 8 nitrogen and oxygen atoms in total. The van der Waals surface area contributed by atoms with Crippen molar-refractivity contribution in [3.8, 4) is 11.5 Å². The van der Waals surface area contributed by atoms with E-state index in [0.717, 1.165) is 48.1 Å². The number of carbonyl (C=O) groups excluding carboxylic acids is 2. The van der Waals surface area contributed by atoms with E-state index in [4.69, 9.17) is 9.47 Å². The zero-order chi connectivity index (χ0) is 31.5. The van der Waals surface area contributed by atoms with Gasteiger partial charge in [-0.3, -0.25) is 14.5 Å². The maximum Gasteiger partial charge on any atom is 0.488 e. The predicted octanol–water partition coefficient (Wildman–Crippen LogP) is 4.64. The summed E-state index contributed by atoms with van der Waals surface area (Å²) in [6.07, 6.45) is 5.87. The summed E-state index contributed by atoms with van der Waals surface area (Å²) in [7, 11) is -1.71. The SMILES string of the molecule is CCC/C(=C\c1ccc(O)cc1)CC[C@H]1OC[C@H]2C1=C(COc1ccccc1)C[C@H]1C(=O)N(c3cccc(B(O)O)c3)C(=O)[C@H]12. The van der Waals surface area contributed by atoms with Crippen molar-refractivity contribution in [2.24, 2.45) is 17.8 Å². The molecular weight excluding hydrogens is 569 g/mol. The molecule has 9 heteroatoms. The highest BCUT2D eigenvalue weighted by Crippen LogP contribution is 2.50. The summed E-state index contributed by atoms with van der Waals surface area (Å²) in [5.41, 5.74) is 4.96. The van der Waals surface area contributed by atoms with Crippen LogP contribution < -0.4 is 15.1 Å². The molecule has 2 heterocycles. The van der Waals surface area contributed by atoms with E-state index in [1.807, 2.05) is 42.5 Å². The molecule has 0 bridgehead atoms. The van der Waals surface area contributed by atoms with Crippen molar-refractivity contribution >= 4 is 36.2 Å². The molecule has 6 rings (SSSR count). The molecule has 3 aromatic carbocycles. The first-order valence-electron chi connectivity index (χ1n) is 15.7. The zero-order valence-corrected chi connectivity index (χ0v) is 25.3. The number of anilines is 1. The highest BCUT2D eigenvalue weighted by molar-refractivity contribution is 6.58. The van der Waals surface area contributed by atoms with Crippen LogP contribution in [0, 0.1) is 17.8 Å². The number of aromatic hydroxyl groups is 1. The summed E-state index contributed by atoms with van der Waals surface area (Å²) in [6, 6.07) is 23.0. The van der Waals surface area contributed by atoms with Crippen LogP contribution in [0.15, 0.2) is 95.6 Å². The Hall–Kier alpha value is -4.18. The quantitative estimate of drug-likeness (QED) is 0.165. The fourth-order valence-electron chi connectivity index (χ4n) is 7.08. The van der Waals surface area contributed by atoms with Gasteiger partial charge in [-0.1, -0.05) is 67.5 Å². The van der Waals surface area contributed by atoms with E-state index >= 15 is 0 Å². The molecule has 2 amide bonds. The number of carbonyl (C=O) groups is 2. The minimum Gasteiger partial charge on any atom is -0.508 e. The largest absolute Gasteiger partial charge is 0.508 e. The molecule has 3 aliphatic rings. The summed E-state index contributed by atoms with van der Waals surface area (Å²) < 4.78 is 12.6. The number of hydrogen-bond acceptors (Lipinski definition) is 7. The second-order valence-electron chi connectivity index (χ2n) is 12.1. The van der Waals surface area contributed by atoms with Crippen LogP contribution in [0.2, 0.25) is 0 Å². The highest BCUT2D eigenvalue weighted by Gasteiger charge is 2.57. The van der Waals surface area contributed by atoms with Gasteiger partial charge < -0.3 is 24.6 Å². The third-order valence-electron chi connectivity index (χ3n) is 9.15. The van der Waals surface area contributed by atoms with Crippen molar-refractivity contribution in [1.29, 1.82) is 0 Å². The summed E-state index contributed by atoms with van der Waals surface area (Å²) in [6.45, 7) is 2.81. The Morgan fingerprint density at radius 3 is 2.49 bits per heavy atom. The van der Waals surface area contributed by atoms with E-state index in [-0.39, 0.29) is 35.0 Å². The fraction of sp³-hybridized carbons (Fsp3) is 0.333. The maximum atomic E-state index is 14.0. The van der Waals surface area contributed by atoms with Gasteiger partial charge in [0.15, 0.2) is 0 Å². The van der Waals surface area contributed by atoms with Crippen LogP contribution in [0.3, 0.4) is 0 Å². The first-order valence-corrected chi connectivity index (χ1v) is 15.7. The number of imide groups is 1. The van der Waals surface area contributed by atoms with Gasteiger partial charge in [-0.25, -0.2) is 0 Å². The van der Waals surface area contributed by atoms with Crippen LogP contribution in [0.25, 0.3) is 6.08 Å². The third-order valence-corrected chi connectivity index (χ3v) is 9.15. The number of nitrogens with zero attached hydrogens (tertiary/aromatic N) is 1. The number of amides is 2. The van der Waals surface area contributed by atoms with Crippen LogP contribution >= 0.6 is 0 Å². The smallest absolute Gasteiger partial charge is 0.488 e. The molecule has 45 heavy (non-hydrogen) atoms. The van der Waals surface area contributed by atoms with Gasteiger partial charge in [0.25, 0.3) is 0 Å². The lowest BCUT2D eigenvalue weighted by atomic mass is 9.69.